The molecule has 0 radical (unpaired) electrons. The fourth-order valence-electron chi connectivity index (χ4n) is 19.2. The fraction of sp³-hybridized carbons (Fsp3) is 0.855. The first-order valence-electron chi connectivity index (χ1n) is 38.9. The Kier molecular flexibility index (Phi) is 26.1. The van der Waals surface area contributed by atoms with Crippen LogP contribution in [0.2, 0.25) is 0 Å². The number of ketones is 2. The van der Waals surface area contributed by atoms with Crippen LogP contribution in [0.15, 0.2) is 9.98 Å². The Bertz CT molecular complexity index is 3380. The van der Waals surface area contributed by atoms with Crippen molar-refractivity contribution in [2.24, 2.45) is 68.2 Å². The summed E-state index contributed by atoms with van der Waals surface area (Å²) in [6, 6.07) is -0.712. The molecule has 2 amide bonds. The van der Waals surface area contributed by atoms with Crippen molar-refractivity contribution >= 4 is 47.1 Å². The van der Waals surface area contributed by atoms with Crippen LogP contribution in [-0.2, 0) is 66.5 Å². The minimum Gasteiger partial charge on any atom is -0.457 e. The number of cyclic esters (lactones) is 2. The molecule has 6 saturated heterocycles. The van der Waals surface area contributed by atoms with Gasteiger partial charge in [0, 0.05) is 59.0 Å². The third-order valence-corrected chi connectivity index (χ3v) is 26.8. The van der Waals surface area contributed by atoms with Crippen LogP contribution >= 0.6 is 0 Å². The van der Waals surface area contributed by atoms with Crippen molar-refractivity contribution < 1.29 is 76.1 Å². The molecule has 0 N–H and O–H groups in total. The second-order valence-electron chi connectivity index (χ2n) is 36.8. The summed E-state index contributed by atoms with van der Waals surface area (Å²) < 4.78 is 65.9. The number of amides is 2. The van der Waals surface area contributed by atoms with Gasteiger partial charge in [-0.1, -0.05) is 81.1 Å². The van der Waals surface area contributed by atoms with E-state index < -0.39 is 140 Å². The quantitative estimate of drug-likeness (QED) is 0.0765. The van der Waals surface area contributed by atoms with Crippen LogP contribution in [0.3, 0.4) is 0 Å². The molecule has 24 atom stereocenters. The van der Waals surface area contributed by atoms with Crippen LogP contribution < -0.4 is 0 Å². The normalized spacial score (nSPS) is 41.7. The predicted molar refractivity (Wildman–Crippen MR) is 406 cm³/mol. The molecule has 594 valence electrons. The number of fused-ring (bicyclic) bond motifs is 2. The monoisotopic (exact) mass is 1470 g/mol. The molecule has 6 fully saturated rings. The smallest absolute Gasteiger partial charge is 0.411 e. The molecule has 8 heterocycles. The van der Waals surface area contributed by atoms with Crippen LogP contribution in [0.5, 0.6) is 0 Å². The highest BCUT2D eigenvalue weighted by Gasteiger charge is 2.69. The average Bonchev–Trinajstić information content (AvgIpc) is 1.57. The van der Waals surface area contributed by atoms with Gasteiger partial charge in [0.25, 0.3) is 0 Å². The van der Waals surface area contributed by atoms with Gasteiger partial charge in [0.1, 0.15) is 36.3 Å². The van der Waals surface area contributed by atoms with Crippen LogP contribution in [0.1, 0.15) is 239 Å². The summed E-state index contributed by atoms with van der Waals surface area (Å²) in [6.07, 6.45) is 3.20. The Morgan fingerprint density at radius 3 is 1.15 bits per heavy atom. The van der Waals surface area contributed by atoms with E-state index in [0.717, 1.165) is 24.3 Å². The number of Topliss-reactive ketones (excluding diaryl/α,β-unsaturated/α-hetero) is 2. The minimum absolute atomic E-state index is 0.0250. The SMILES string of the molecule is C#CCO[C@@]1(C)C[C@@H](C)C2=NC(C)(C)C(C)(C)N3C(=O)O[C@](C)([C@@H](CC)OC(=O)C(C)(C)C(=O)[C@H](C)[C@H]1O[C@@H]1O[C@H](C)C[C@H](N(C)C)[C@H]1C)[C@H]3[C@H]2C.CC#CCO[C@@]1(C)C[C@@H](C)C2=NC(C)(C)C(C)(C)N3C(=O)O[C@](C)([C@@H](CC)OC(=O)C(C)(C)C(=O)[C@H](C)[C@H]1O[C@@H]1O[C@H](C)C[C@H](N(C)C)[C@H]1C)[C@H]3[C@H]2C. The van der Waals surface area contributed by atoms with Gasteiger partial charge in [-0.25, -0.2) is 9.59 Å². The molecular formula is C83H136N6O16. The Hall–Kier alpha value is -5.04. The van der Waals surface area contributed by atoms with E-state index in [1.807, 2.05) is 114 Å². The number of rotatable bonds is 12. The molecule has 8 rings (SSSR count). The largest absolute Gasteiger partial charge is 0.457 e. The van der Waals surface area contributed by atoms with Crippen molar-refractivity contribution in [1.82, 2.24) is 19.6 Å². The molecule has 0 aromatic rings. The summed E-state index contributed by atoms with van der Waals surface area (Å²) in [6.45, 7) is 56.3. The lowest BCUT2D eigenvalue weighted by atomic mass is 9.71. The van der Waals surface area contributed by atoms with Gasteiger partial charge in [-0.3, -0.25) is 39.0 Å². The van der Waals surface area contributed by atoms with Crippen LogP contribution in [0.4, 0.5) is 9.59 Å². The van der Waals surface area contributed by atoms with Crippen molar-refractivity contribution in [3.63, 3.8) is 0 Å². The lowest BCUT2D eigenvalue weighted by molar-refractivity contribution is -0.282. The number of ether oxygens (including phenoxy) is 10. The number of carbonyl (C=O) groups excluding carboxylic acids is 6. The number of hydrogen-bond donors (Lipinski definition) is 0. The maximum absolute atomic E-state index is 14.8. The summed E-state index contributed by atoms with van der Waals surface area (Å²) in [5.74, 6) is 3.76. The van der Waals surface area contributed by atoms with E-state index in [1.165, 1.54) is 0 Å². The van der Waals surface area contributed by atoms with E-state index in [2.05, 4.69) is 111 Å². The molecule has 4 bridgehead atoms. The van der Waals surface area contributed by atoms with E-state index >= 15 is 0 Å². The maximum atomic E-state index is 14.8. The van der Waals surface area contributed by atoms with E-state index in [0.29, 0.717) is 25.7 Å². The highest BCUT2D eigenvalue weighted by Crippen LogP contribution is 2.54. The van der Waals surface area contributed by atoms with Crippen LogP contribution in [-0.4, -0.2) is 226 Å². The standard InChI is InChI=1S/C42H69N3O8.C41H67N3O8/c1-18-20-21-49-41(14)23-24(3)31-27(6)32-42(15,53-37(48)45(32)40(12,13)39(10,11)43-31)30(19-2)51-36(47)38(8,9)33(46)28(7)34(41)52-35-26(5)29(44(16)17)22-25(4)50-35;1-18-20-48-40(14)22-23(3)30-26(6)31-41(15,52-36(47)44(31)39(12,13)38(10,11)42-30)29(19-2)50-35(46)37(8,9)32(45)27(7)33(40)51-34-25(5)28(43(16)17)21-24(4)49-34/h24-30,32,34-35H,19,21-23H2,1-17H3;1,23-29,31,33-34H,19-22H2,2-17H3/t24-,25-,26-,27+,28+,29+,30-,32-,34-,35+,41+,42-;23-,24-,25-,26+,27+,28+,29-,31-,33-,34+,40+,41-/m11/s1. The highest BCUT2D eigenvalue weighted by atomic mass is 16.7. The molecule has 105 heavy (non-hydrogen) atoms. The van der Waals surface area contributed by atoms with E-state index in [-0.39, 0.29) is 84.6 Å². The zero-order valence-corrected chi connectivity index (χ0v) is 70.5. The van der Waals surface area contributed by atoms with E-state index in [4.69, 9.17) is 63.8 Å². The molecule has 8 aliphatic rings. The van der Waals surface area contributed by atoms with Crippen molar-refractivity contribution in [2.75, 3.05) is 41.4 Å². The molecule has 0 aromatic carbocycles. The second-order valence-corrected chi connectivity index (χ2v) is 36.8. The third kappa shape index (κ3) is 15.9. The van der Waals surface area contributed by atoms with Gasteiger partial charge in [-0.05, 0) is 210 Å². The Balaban J connectivity index is 0.000000293. The third-order valence-electron chi connectivity index (χ3n) is 26.8. The summed E-state index contributed by atoms with van der Waals surface area (Å²) in [5.41, 5.74) is -9.14. The van der Waals surface area contributed by atoms with E-state index in [9.17, 15) is 28.8 Å². The minimum atomic E-state index is -1.59. The Labute approximate surface area is 631 Å². The molecule has 22 nitrogen and oxygen atoms in total. The predicted octanol–water partition coefficient (Wildman–Crippen LogP) is 13.0. The first-order chi connectivity index (χ1) is 48.1. The zero-order valence-electron chi connectivity index (χ0n) is 70.5. The lowest BCUT2D eigenvalue weighted by Crippen LogP contribution is -2.64. The maximum Gasteiger partial charge on any atom is 0.411 e. The van der Waals surface area contributed by atoms with Gasteiger partial charge in [-0.15, -0.1) is 12.3 Å². The summed E-state index contributed by atoms with van der Waals surface area (Å²) in [7, 11) is 8.23. The van der Waals surface area contributed by atoms with Crippen molar-refractivity contribution in [3.05, 3.63) is 0 Å². The highest BCUT2D eigenvalue weighted by molar-refractivity contribution is 6.05. The molecular weight excluding hydrogens is 1340 g/mol. The summed E-state index contributed by atoms with van der Waals surface area (Å²) in [5, 5.41) is 0. The zero-order chi connectivity index (χ0) is 79.7. The fourth-order valence-corrected chi connectivity index (χ4v) is 19.2. The molecule has 8 aliphatic heterocycles. The first-order valence-corrected chi connectivity index (χ1v) is 38.9. The first kappa shape index (κ1) is 87.2. The Morgan fingerprint density at radius 1 is 0.514 bits per heavy atom. The van der Waals surface area contributed by atoms with Crippen LogP contribution in [0, 0.1) is 82.4 Å². The summed E-state index contributed by atoms with van der Waals surface area (Å²) >= 11 is 0. The molecule has 0 aliphatic carbocycles. The number of terminal acetylenes is 1. The lowest BCUT2D eigenvalue weighted by Gasteiger charge is -2.48. The number of hydrogen-bond acceptors (Lipinski definition) is 20. The average molecular weight is 1470 g/mol. The molecule has 0 unspecified atom stereocenters. The van der Waals surface area contributed by atoms with Crippen molar-refractivity contribution in [1.29, 1.82) is 0 Å². The van der Waals surface area contributed by atoms with Gasteiger partial charge < -0.3 is 57.2 Å². The van der Waals surface area contributed by atoms with Crippen molar-refractivity contribution in [2.45, 2.75) is 357 Å². The van der Waals surface area contributed by atoms with Gasteiger partial charge in [-0.2, -0.15) is 0 Å². The second kappa shape index (κ2) is 31.4. The molecule has 0 saturated carbocycles. The van der Waals surface area contributed by atoms with Gasteiger partial charge in [0.15, 0.2) is 35.3 Å². The van der Waals surface area contributed by atoms with Gasteiger partial charge in [0.2, 0.25) is 0 Å². The summed E-state index contributed by atoms with van der Waals surface area (Å²) in [4.78, 5) is 105. The van der Waals surface area contributed by atoms with Gasteiger partial charge >= 0.3 is 24.1 Å². The van der Waals surface area contributed by atoms with Crippen LogP contribution in [0.25, 0.3) is 0 Å². The number of aliphatic imine (C=N–C) groups is 2. The van der Waals surface area contributed by atoms with E-state index in [1.54, 1.807) is 41.5 Å². The number of nitrogens with zero attached hydrogens (tertiary/aromatic N) is 6. The van der Waals surface area contributed by atoms with Gasteiger partial charge in [0.05, 0.1) is 69.9 Å². The van der Waals surface area contributed by atoms with Crippen molar-refractivity contribution in [3.8, 4) is 24.2 Å². The molecule has 22 heteroatoms. The Morgan fingerprint density at radius 2 is 0.848 bits per heavy atom. The molecule has 0 aromatic heterocycles. The molecule has 0 spiro atoms. The number of esters is 2. The number of carbonyl (C=O) groups is 6. The topological polar surface area (TPSA) is 232 Å².